The van der Waals surface area contributed by atoms with Crippen molar-refractivity contribution in [1.29, 1.82) is 0 Å². The summed E-state index contributed by atoms with van der Waals surface area (Å²) in [5.74, 6) is 0.277. The molecular formula is C20H27N3O. The smallest absolute Gasteiger partial charge is 0.240 e. The van der Waals surface area contributed by atoms with E-state index in [-0.39, 0.29) is 5.91 Å². The first-order valence-corrected chi connectivity index (χ1v) is 8.38. The van der Waals surface area contributed by atoms with Crippen LogP contribution in [0.2, 0.25) is 0 Å². The average molecular weight is 325 g/mol. The van der Waals surface area contributed by atoms with Gasteiger partial charge in [0.25, 0.3) is 0 Å². The highest BCUT2D eigenvalue weighted by molar-refractivity contribution is 5.84. The number of rotatable bonds is 5. The third kappa shape index (κ3) is 4.13. The monoisotopic (exact) mass is 325 g/mol. The lowest BCUT2D eigenvalue weighted by molar-refractivity contribution is -0.121. The molecule has 0 bridgehead atoms. The topological polar surface area (TPSA) is 46.4 Å². The fourth-order valence-electron chi connectivity index (χ4n) is 2.77. The Morgan fingerprint density at radius 1 is 1.17 bits per heavy atom. The van der Waals surface area contributed by atoms with E-state index in [2.05, 4.69) is 67.1 Å². The normalized spacial score (nSPS) is 11.5. The van der Waals surface area contributed by atoms with Crippen LogP contribution < -0.4 is 5.43 Å². The van der Waals surface area contributed by atoms with Gasteiger partial charge in [-0.3, -0.25) is 4.79 Å². The maximum atomic E-state index is 11.7. The molecule has 4 heteroatoms. The number of hydrogen-bond acceptors (Lipinski definition) is 2. The van der Waals surface area contributed by atoms with Gasteiger partial charge in [-0.2, -0.15) is 5.10 Å². The second kappa shape index (κ2) is 7.47. The van der Waals surface area contributed by atoms with Crippen molar-refractivity contribution in [3.05, 3.63) is 52.3 Å². The van der Waals surface area contributed by atoms with Gasteiger partial charge in [0, 0.05) is 29.1 Å². The zero-order valence-corrected chi connectivity index (χ0v) is 15.5. The highest BCUT2D eigenvalue weighted by Gasteiger charge is 2.10. The Hall–Kier alpha value is -2.36. The number of amides is 1. The second-order valence-electron chi connectivity index (χ2n) is 6.82. The van der Waals surface area contributed by atoms with E-state index in [1.54, 1.807) is 6.21 Å². The molecule has 0 aliphatic carbocycles. The second-order valence-corrected chi connectivity index (χ2v) is 6.82. The average Bonchev–Trinajstić information content (AvgIpc) is 2.76. The molecule has 1 heterocycles. The molecule has 0 aliphatic heterocycles. The first-order chi connectivity index (χ1) is 11.3. The summed E-state index contributed by atoms with van der Waals surface area (Å²) in [5.41, 5.74) is 9.57. The molecule has 1 N–H and O–H groups in total. The van der Waals surface area contributed by atoms with Gasteiger partial charge < -0.3 is 4.57 Å². The van der Waals surface area contributed by atoms with Gasteiger partial charge in [0.2, 0.25) is 5.91 Å². The van der Waals surface area contributed by atoms with Crippen LogP contribution in [0.15, 0.2) is 29.4 Å². The molecule has 0 aliphatic rings. The van der Waals surface area contributed by atoms with Crippen molar-refractivity contribution in [2.45, 2.75) is 48.0 Å². The van der Waals surface area contributed by atoms with Crippen LogP contribution in [-0.4, -0.2) is 16.7 Å². The minimum Gasteiger partial charge on any atom is -0.318 e. The van der Waals surface area contributed by atoms with Crippen molar-refractivity contribution in [3.8, 4) is 5.69 Å². The van der Waals surface area contributed by atoms with E-state index >= 15 is 0 Å². The molecule has 1 aromatic heterocycles. The lowest BCUT2D eigenvalue weighted by Gasteiger charge is -2.11. The van der Waals surface area contributed by atoms with Crippen LogP contribution in [0.3, 0.4) is 0 Å². The molecule has 1 amide bonds. The minimum atomic E-state index is -0.0517. The highest BCUT2D eigenvalue weighted by Crippen LogP contribution is 2.21. The van der Waals surface area contributed by atoms with Crippen LogP contribution in [0.4, 0.5) is 0 Å². The number of benzene rings is 1. The number of carbonyl (C=O) groups excluding carboxylic acids is 1. The van der Waals surface area contributed by atoms with Gasteiger partial charge in [0.05, 0.1) is 6.21 Å². The predicted molar refractivity (Wildman–Crippen MR) is 99.9 cm³/mol. The summed E-state index contributed by atoms with van der Waals surface area (Å²) in [5, 5.41) is 4.10. The summed E-state index contributed by atoms with van der Waals surface area (Å²) >= 11 is 0. The number of hydrazone groups is 1. The summed E-state index contributed by atoms with van der Waals surface area (Å²) in [7, 11) is 0. The predicted octanol–water partition coefficient (Wildman–Crippen LogP) is 4.21. The Morgan fingerprint density at radius 3 is 2.50 bits per heavy atom. The first-order valence-electron chi connectivity index (χ1n) is 8.38. The van der Waals surface area contributed by atoms with Crippen molar-refractivity contribution in [2.75, 3.05) is 0 Å². The van der Waals surface area contributed by atoms with E-state index in [1.807, 2.05) is 13.8 Å². The summed E-state index contributed by atoms with van der Waals surface area (Å²) in [6, 6.07) is 8.56. The molecule has 0 radical (unpaired) electrons. The first kappa shape index (κ1) is 18.0. The Bertz CT molecular complexity index is 769. The fourth-order valence-corrected chi connectivity index (χ4v) is 2.77. The molecule has 24 heavy (non-hydrogen) atoms. The lowest BCUT2D eigenvalue weighted by Crippen LogP contribution is -2.19. The fraction of sp³-hybridized carbons (Fsp3) is 0.400. The Labute approximate surface area is 144 Å². The summed E-state index contributed by atoms with van der Waals surface area (Å²) in [6.07, 6.45) is 2.21. The number of nitrogens with zero attached hydrogens (tertiary/aromatic N) is 2. The highest BCUT2D eigenvalue weighted by atomic mass is 16.2. The maximum absolute atomic E-state index is 11.7. The molecule has 128 valence electrons. The Morgan fingerprint density at radius 2 is 1.88 bits per heavy atom. The molecule has 0 saturated heterocycles. The summed E-state index contributed by atoms with van der Waals surface area (Å²) in [6.45, 7) is 12.4. The van der Waals surface area contributed by atoms with E-state index in [0.717, 1.165) is 22.6 Å². The van der Waals surface area contributed by atoms with Crippen molar-refractivity contribution in [2.24, 2.45) is 11.0 Å². The minimum absolute atomic E-state index is 0.0517. The van der Waals surface area contributed by atoms with Gasteiger partial charge in [0.1, 0.15) is 0 Å². The van der Waals surface area contributed by atoms with Gasteiger partial charge in [-0.15, -0.1) is 0 Å². The van der Waals surface area contributed by atoms with E-state index in [9.17, 15) is 4.79 Å². The molecule has 2 aromatic rings. The van der Waals surface area contributed by atoms with Crippen LogP contribution in [-0.2, 0) is 4.79 Å². The van der Waals surface area contributed by atoms with Gasteiger partial charge in [0.15, 0.2) is 0 Å². The SMILES string of the molecule is Cc1ccc(-n2c(C)cc(/C=N\NC(=O)CC(C)C)c2C)cc1C. The molecule has 4 nitrogen and oxygen atoms in total. The molecule has 0 saturated carbocycles. The third-order valence-corrected chi connectivity index (χ3v) is 4.21. The van der Waals surface area contributed by atoms with Crippen LogP contribution in [0.5, 0.6) is 0 Å². The van der Waals surface area contributed by atoms with E-state index < -0.39 is 0 Å². The molecule has 0 unspecified atom stereocenters. The van der Waals surface area contributed by atoms with Crippen LogP contribution in [0.25, 0.3) is 5.69 Å². The van der Waals surface area contributed by atoms with Gasteiger partial charge in [-0.25, -0.2) is 5.43 Å². The largest absolute Gasteiger partial charge is 0.318 e. The maximum Gasteiger partial charge on any atom is 0.240 e. The van der Waals surface area contributed by atoms with Gasteiger partial charge >= 0.3 is 0 Å². The quantitative estimate of drug-likeness (QED) is 0.650. The molecule has 0 spiro atoms. The molecular weight excluding hydrogens is 298 g/mol. The molecule has 0 atom stereocenters. The summed E-state index contributed by atoms with van der Waals surface area (Å²) < 4.78 is 2.21. The lowest BCUT2D eigenvalue weighted by atomic mass is 10.1. The molecule has 1 aromatic carbocycles. The number of hydrogen-bond donors (Lipinski definition) is 1. The molecule has 0 fully saturated rings. The number of nitrogens with one attached hydrogen (secondary N) is 1. The van der Waals surface area contributed by atoms with Gasteiger partial charge in [-0.05, 0) is 62.9 Å². The standard InChI is InChI=1S/C20H27N3O/c1-13(2)9-20(24)22-21-12-18-11-16(5)23(17(18)6)19-8-7-14(3)15(4)10-19/h7-8,10-13H,9H2,1-6H3,(H,22,24)/b21-12-. The summed E-state index contributed by atoms with van der Waals surface area (Å²) in [4.78, 5) is 11.7. The van der Waals surface area contributed by atoms with Crippen LogP contribution in [0, 0.1) is 33.6 Å². The van der Waals surface area contributed by atoms with Crippen LogP contribution >= 0.6 is 0 Å². The molecule has 2 rings (SSSR count). The zero-order chi connectivity index (χ0) is 17.9. The third-order valence-electron chi connectivity index (χ3n) is 4.21. The zero-order valence-electron chi connectivity index (χ0n) is 15.5. The number of aryl methyl sites for hydroxylation is 3. The van der Waals surface area contributed by atoms with E-state index in [4.69, 9.17) is 0 Å². The van der Waals surface area contributed by atoms with Crippen molar-refractivity contribution in [1.82, 2.24) is 9.99 Å². The van der Waals surface area contributed by atoms with Crippen molar-refractivity contribution >= 4 is 12.1 Å². The van der Waals surface area contributed by atoms with Crippen LogP contribution in [0.1, 0.15) is 48.3 Å². The van der Waals surface area contributed by atoms with Crippen molar-refractivity contribution in [3.63, 3.8) is 0 Å². The Balaban J connectivity index is 2.22. The van der Waals surface area contributed by atoms with E-state index in [0.29, 0.717) is 12.3 Å². The Kier molecular flexibility index (Phi) is 5.60. The number of aromatic nitrogens is 1. The van der Waals surface area contributed by atoms with E-state index in [1.165, 1.54) is 11.1 Å². The number of carbonyl (C=O) groups is 1. The van der Waals surface area contributed by atoms with Gasteiger partial charge in [-0.1, -0.05) is 19.9 Å². The van der Waals surface area contributed by atoms with Crippen molar-refractivity contribution < 1.29 is 4.79 Å².